The lowest BCUT2D eigenvalue weighted by atomic mass is 9.80. The lowest BCUT2D eigenvalue weighted by molar-refractivity contribution is 0.267. The summed E-state index contributed by atoms with van der Waals surface area (Å²) in [5.74, 6) is 1.18. The third-order valence-electron chi connectivity index (χ3n) is 10.2. The van der Waals surface area contributed by atoms with E-state index in [-0.39, 0.29) is 12.0 Å². The van der Waals surface area contributed by atoms with Crippen LogP contribution >= 0.6 is 0 Å². The van der Waals surface area contributed by atoms with E-state index in [1.165, 1.54) is 82.4 Å². The van der Waals surface area contributed by atoms with Gasteiger partial charge in [0.25, 0.3) is 0 Å². The van der Waals surface area contributed by atoms with Crippen LogP contribution < -0.4 is 4.74 Å². The fourth-order valence-electron chi connectivity index (χ4n) is 8.16. The largest absolute Gasteiger partial charge is 0.485 e. The van der Waals surface area contributed by atoms with E-state index in [4.69, 9.17) is 4.74 Å². The summed E-state index contributed by atoms with van der Waals surface area (Å²) in [7, 11) is 0. The lowest BCUT2D eigenvalue weighted by Crippen LogP contribution is -2.20. The van der Waals surface area contributed by atoms with E-state index in [2.05, 4.69) is 170 Å². The molecule has 1 heteroatoms. The molecule has 10 rings (SSSR count). The van der Waals surface area contributed by atoms with E-state index < -0.39 is 0 Å². The predicted molar refractivity (Wildman–Crippen MR) is 197 cm³/mol. The van der Waals surface area contributed by atoms with Gasteiger partial charge in [-0.25, -0.2) is 0 Å². The minimum absolute atomic E-state index is 0.0278. The molecule has 8 aromatic rings. The van der Waals surface area contributed by atoms with Crippen LogP contribution in [0.25, 0.3) is 71.8 Å². The SMILES string of the molecule is C1=CC2Oc3ccc(-c4c5ccccc5c(-c5cccc(-c6cccc7ccccc67)c5)c5ccccc45)cc3C2c2ccccc21. The molecule has 0 amide bonds. The first-order chi connectivity index (χ1) is 23.3. The summed E-state index contributed by atoms with van der Waals surface area (Å²) in [4.78, 5) is 0. The Morgan fingerprint density at radius 3 is 1.79 bits per heavy atom. The van der Waals surface area contributed by atoms with Gasteiger partial charge in [-0.1, -0.05) is 146 Å². The van der Waals surface area contributed by atoms with Gasteiger partial charge < -0.3 is 4.74 Å². The number of benzene rings is 8. The molecule has 0 bridgehead atoms. The van der Waals surface area contributed by atoms with Crippen molar-refractivity contribution < 1.29 is 4.74 Å². The average molecular weight is 599 g/mol. The predicted octanol–water partition coefficient (Wildman–Crippen LogP) is 12.1. The van der Waals surface area contributed by atoms with Gasteiger partial charge in [0.15, 0.2) is 0 Å². The van der Waals surface area contributed by atoms with Crippen molar-refractivity contribution in [3.8, 4) is 39.1 Å². The molecule has 1 heterocycles. The van der Waals surface area contributed by atoms with Gasteiger partial charge in [0.1, 0.15) is 11.9 Å². The van der Waals surface area contributed by atoms with Crippen LogP contribution in [0.1, 0.15) is 22.6 Å². The molecule has 2 unspecified atom stereocenters. The zero-order valence-corrected chi connectivity index (χ0v) is 25.7. The van der Waals surface area contributed by atoms with Crippen molar-refractivity contribution in [3.63, 3.8) is 0 Å². The van der Waals surface area contributed by atoms with Crippen LogP contribution in [-0.2, 0) is 0 Å². The molecule has 2 atom stereocenters. The highest BCUT2D eigenvalue weighted by Gasteiger charge is 2.37. The van der Waals surface area contributed by atoms with E-state index in [0.717, 1.165) is 5.75 Å². The maximum Gasteiger partial charge on any atom is 0.128 e. The monoisotopic (exact) mass is 598 g/mol. The normalized spacial score (nSPS) is 16.2. The summed E-state index contributed by atoms with van der Waals surface area (Å²) in [5, 5.41) is 7.58. The van der Waals surface area contributed by atoms with Crippen molar-refractivity contribution in [2.45, 2.75) is 12.0 Å². The van der Waals surface area contributed by atoms with E-state index in [1.54, 1.807) is 0 Å². The molecule has 0 saturated carbocycles. The number of fused-ring (bicyclic) bond motifs is 8. The zero-order chi connectivity index (χ0) is 30.9. The Labute approximate surface area is 274 Å². The van der Waals surface area contributed by atoms with Crippen molar-refractivity contribution in [2.24, 2.45) is 0 Å². The Kier molecular flexibility index (Phi) is 5.77. The van der Waals surface area contributed by atoms with Crippen LogP contribution in [0.2, 0.25) is 0 Å². The Hall–Kier alpha value is -5.92. The molecular weight excluding hydrogens is 569 g/mol. The third kappa shape index (κ3) is 4.03. The van der Waals surface area contributed by atoms with Gasteiger partial charge in [-0.3, -0.25) is 0 Å². The summed E-state index contributed by atoms with van der Waals surface area (Å²) >= 11 is 0. The van der Waals surface area contributed by atoms with Crippen LogP contribution in [0.5, 0.6) is 5.75 Å². The molecule has 0 radical (unpaired) electrons. The smallest absolute Gasteiger partial charge is 0.128 e. The molecule has 2 aliphatic rings. The molecule has 1 aliphatic carbocycles. The fraction of sp³-hybridized carbons (Fsp3) is 0.0435. The van der Waals surface area contributed by atoms with E-state index in [1.807, 2.05) is 0 Å². The van der Waals surface area contributed by atoms with Gasteiger partial charge in [0.2, 0.25) is 0 Å². The van der Waals surface area contributed by atoms with Crippen LogP contribution in [-0.4, -0.2) is 6.10 Å². The second-order valence-electron chi connectivity index (χ2n) is 12.7. The van der Waals surface area contributed by atoms with Gasteiger partial charge in [0, 0.05) is 5.56 Å². The molecule has 8 aromatic carbocycles. The summed E-state index contributed by atoms with van der Waals surface area (Å²) in [6, 6.07) is 57.7. The molecule has 0 fully saturated rings. The average Bonchev–Trinajstić information content (AvgIpc) is 3.52. The van der Waals surface area contributed by atoms with Crippen LogP contribution in [0.4, 0.5) is 0 Å². The first kappa shape index (κ1) is 26.3. The van der Waals surface area contributed by atoms with Crippen molar-refractivity contribution in [1.82, 2.24) is 0 Å². The molecule has 0 N–H and O–H groups in total. The highest BCUT2D eigenvalue weighted by molar-refractivity contribution is 6.21. The van der Waals surface area contributed by atoms with Crippen LogP contribution in [0, 0.1) is 0 Å². The highest BCUT2D eigenvalue weighted by Crippen LogP contribution is 2.50. The summed E-state index contributed by atoms with van der Waals surface area (Å²) in [6.45, 7) is 0. The number of hydrogen-bond acceptors (Lipinski definition) is 1. The Bertz CT molecular complexity index is 2510. The van der Waals surface area contributed by atoms with Gasteiger partial charge in [-0.05, 0) is 101 Å². The molecule has 1 aliphatic heterocycles. The first-order valence-electron chi connectivity index (χ1n) is 16.4. The first-order valence-corrected chi connectivity index (χ1v) is 16.4. The molecule has 0 spiro atoms. The minimum atomic E-state index is 0.0278. The van der Waals surface area contributed by atoms with E-state index in [9.17, 15) is 0 Å². The van der Waals surface area contributed by atoms with Crippen LogP contribution in [0.15, 0.2) is 164 Å². The van der Waals surface area contributed by atoms with Crippen molar-refractivity contribution in [3.05, 3.63) is 180 Å². The standard InChI is InChI=1S/C46H30O/c1-3-16-34-29(11-1)13-10-22-35(34)31-14-9-15-32(27-31)44-37-18-5-7-20-39(37)45(40-21-8-6-19-38(40)44)33-24-25-42-41(28-33)46-36-17-4-2-12-30(36)23-26-43(46)47-42/h1-28,43,46H. The Morgan fingerprint density at radius 1 is 0.426 bits per heavy atom. The van der Waals surface area contributed by atoms with Crippen molar-refractivity contribution in [2.75, 3.05) is 0 Å². The number of rotatable bonds is 3. The van der Waals surface area contributed by atoms with Crippen molar-refractivity contribution in [1.29, 1.82) is 0 Å². The topological polar surface area (TPSA) is 9.23 Å². The summed E-state index contributed by atoms with van der Waals surface area (Å²) in [5.41, 5.74) is 11.4. The van der Waals surface area contributed by atoms with E-state index in [0.29, 0.717) is 0 Å². The zero-order valence-electron chi connectivity index (χ0n) is 25.7. The molecular formula is C46H30O. The fourth-order valence-corrected chi connectivity index (χ4v) is 8.16. The maximum atomic E-state index is 6.50. The third-order valence-corrected chi connectivity index (χ3v) is 10.2. The van der Waals surface area contributed by atoms with Gasteiger partial charge in [0.05, 0.1) is 5.92 Å². The minimum Gasteiger partial charge on any atom is -0.485 e. The van der Waals surface area contributed by atoms with E-state index >= 15 is 0 Å². The summed E-state index contributed by atoms with van der Waals surface area (Å²) in [6.07, 6.45) is 4.46. The van der Waals surface area contributed by atoms with Gasteiger partial charge in [-0.2, -0.15) is 0 Å². The number of hydrogen-bond donors (Lipinski definition) is 0. The lowest BCUT2D eigenvalue weighted by Gasteiger charge is -2.23. The molecule has 47 heavy (non-hydrogen) atoms. The van der Waals surface area contributed by atoms with Gasteiger partial charge >= 0.3 is 0 Å². The number of ether oxygens (including phenoxy) is 1. The second-order valence-corrected chi connectivity index (χ2v) is 12.7. The van der Waals surface area contributed by atoms with Crippen molar-refractivity contribution >= 4 is 38.4 Å². The quantitative estimate of drug-likeness (QED) is 0.184. The van der Waals surface area contributed by atoms with Gasteiger partial charge in [-0.15, -0.1) is 0 Å². The Morgan fingerprint density at radius 2 is 1.02 bits per heavy atom. The highest BCUT2D eigenvalue weighted by atomic mass is 16.5. The molecule has 0 aromatic heterocycles. The van der Waals surface area contributed by atoms with Crippen LogP contribution in [0.3, 0.4) is 0 Å². The maximum absolute atomic E-state index is 6.50. The second kappa shape index (κ2) is 10.3. The Balaban J connectivity index is 1.19. The molecule has 1 nitrogen and oxygen atoms in total. The summed E-state index contributed by atoms with van der Waals surface area (Å²) < 4.78 is 6.50. The molecule has 0 saturated heterocycles. The molecule has 220 valence electrons.